The molecule has 3 nitrogen and oxygen atoms in total. The minimum Gasteiger partial charge on any atom is -0.384 e. The molecule has 3 heteroatoms. The lowest BCUT2D eigenvalue weighted by Gasteiger charge is -2.39. The van der Waals surface area contributed by atoms with Crippen LogP contribution in [0.4, 0.5) is 0 Å². The molecule has 0 amide bonds. The van der Waals surface area contributed by atoms with Gasteiger partial charge in [-0.3, -0.25) is 4.90 Å². The second-order valence-electron chi connectivity index (χ2n) is 5.50. The molecule has 0 aliphatic carbocycles. The first-order chi connectivity index (χ1) is 8.22. The summed E-state index contributed by atoms with van der Waals surface area (Å²) in [5.74, 6) is 1.49. The maximum Gasteiger partial charge on any atom is 0.0491 e. The van der Waals surface area contributed by atoms with Crippen molar-refractivity contribution < 1.29 is 4.74 Å². The first-order valence-electron chi connectivity index (χ1n) is 7.15. The summed E-state index contributed by atoms with van der Waals surface area (Å²) in [6.07, 6.45) is 5.09. The van der Waals surface area contributed by atoms with Crippen molar-refractivity contribution in [3.8, 4) is 0 Å². The zero-order chi connectivity index (χ0) is 12.7. The predicted octanol–water partition coefficient (Wildman–Crippen LogP) is 2.11. The van der Waals surface area contributed by atoms with Gasteiger partial charge in [0.2, 0.25) is 0 Å². The Morgan fingerprint density at radius 1 is 1.35 bits per heavy atom. The van der Waals surface area contributed by atoms with Crippen LogP contribution in [0.1, 0.15) is 39.5 Å². The number of piperidine rings is 1. The second kappa shape index (κ2) is 8.06. The zero-order valence-electron chi connectivity index (χ0n) is 11.8. The van der Waals surface area contributed by atoms with Crippen LogP contribution in [-0.4, -0.2) is 44.3 Å². The molecule has 2 atom stereocenters. The molecule has 0 radical (unpaired) electrons. The van der Waals surface area contributed by atoms with E-state index in [1.54, 1.807) is 7.11 Å². The van der Waals surface area contributed by atoms with Crippen LogP contribution in [0.2, 0.25) is 0 Å². The molecule has 102 valence electrons. The SMILES string of the molecule is CCCC(C)C(CN)N1CCC(COC)CC1. The third-order valence-corrected chi connectivity index (χ3v) is 4.16. The van der Waals surface area contributed by atoms with Gasteiger partial charge in [0, 0.05) is 26.3 Å². The van der Waals surface area contributed by atoms with Crippen molar-refractivity contribution in [3.63, 3.8) is 0 Å². The lowest BCUT2D eigenvalue weighted by Crippen LogP contribution is -2.48. The van der Waals surface area contributed by atoms with Gasteiger partial charge in [-0.2, -0.15) is 0 Å². The van der Waals surface area contributed by atoms with Gasteiger partial charge in [-0.05, 0) is 44.2 Å². The average Bonchev–Trinajstić information content (AvgIpc) is 2.33. The molecule has 0 aromatic rings. The molecule has 1 rings (SSSR count). The predicted molar refractivity (Wildman–Crippen MR) is 73.1 cm³/mol. The van der Waals surface area contributed by atoms with E-state index in [0.717, 1.165) is 25.0 Å². The number of nitrogens with two attached hydrogens (primary N) is 1. The summed E-state index contributed by atoms with van der Waals surface area (Å²) in [7, 11) is 1.80. The summed E-state index contributed by atoms with van der Waals surface area (Å²) in [6.45, 7) is 8.73. The number of hydrogen-bond acceptors (Lipinski definition) is 3. The largest absolute Gasteiger partial charge is 0.384 e. The van der Waals surface area contributed by atoms with Gasteiger partial charge in [-0.25, -0.2) is 0 Å². The normalized spacial score (nSPS) is 22.6. The third kappa shape index (κ3) is 4.57. The van der Waals surface area contributed by atoms with Gasteiger partial charge in [-0.15, -0.1) is 0 Å². The molecule has 0 aromatic carbocycles. The van der Waals surface area contributed by atoms with E-state index in [2.05, 4.69) is 18.7 Å². The highest BCUT2D eigenvalue weighted by atomic mass is 16.5. The standard InChI is InChI=1S/C14H30N2O/c1-4-5-12(2)14(10-15)16-8-6-13(7-9-16)11-17-3/h12-14H,4-11,15H2,1-3H3. The van der Waals surface area contributed by atoms with Crippen LogP contribution in [0.25, 0.3) is 0 Å². The van der Waals surface area contributed by atoms with Crippen LogP contribution in [0.5, 0.6) is 0 Å². The second-order valence-corrected chi connectivity index (χ2v) is 5.50. The van der Waals surface area contributed by atoms with Crippen molar-refractivity contribution in [2.45, 2.75) is 45.6 Å². The van der Waals surface area contributed by atoms with E-state index in [4.69, 9.17) is 10.5 Å². The van der Waals surface area contributed by atoms with Crippen LogP contribution in [0, 0.1) is 11.8 Å². The van der Waals surface area contributed by atoms with E-state index in [0.29, 0.717) is 6.04 Å². The number of hydrogen-bond donors (Lipinski definition) is 1. The Bertz CT molecular complexity index is 191. The van der Waals surface area contributed by atoms with Crippen molar-refractivity contribution in [1.82, 2.24) is 4.90 Å². The Morgan fingerprint density at radius 2 is 2.00 bits per heavy atom. The van der Waals surface area contributed by atoms with Crippen molar-refractivity contribution in [2.75, 3.05) is 33.4 Å². The summed E-state index contributed by atoms with van der Waals surface area (Å²) < 4.78 is 5.25. The highest BCUT2D eigenvalue weighted by Gasteiger charge is 2.27. The maximum atomic E-state index is 5.96. The van der Waals surface area contributed by atoms with E-state index in [1.807, 2.05) is 0 Å². The van der Waals surface area contributed by atoms with E-state index in [1.165, 1.54) is 38.8 Å². The molecule has 0 bridgehead atoms. The third-order valence-electron chi connectivity index (χ3n) is 4.16. The summed E-state index contributed by atoms with van der Waals surface area (Å²) in [6, 6.07) is 0.582. The van der Waals surface area contributed by atoms with Gasteiger partial charge >= 0.3 is 0 Å². The first kappa shape index (κ1) is 14.9. The number of rotatable bonds is 7. The fourth-order valence-corrected chi connectivity index (χ4v) is 3.08. The number of nitrogens with zero attached hydrogens (tertiary/aromatic N) is 1. The Morgan fingerprint density at radius 3 is 2.47 bits per heavy atom. The monoisotopic (exact) mass is 242 g/mol. The van der Waals surface area contributed by atoms with Gasteiger partial charge in [-0.1, -0.05) is 20.3 Å². The fraction of sp³-hybridized carbons (Fsp3) is 1.00. The number of likely N-dealkylation sites (tertiary alicyclic amines) is 1. The summed E-state index contributed by atoms with van der Waals surface area (Å²) >= 11 is 0. The summed E-state index contributed by atoms with van der Waals surface area (Å²) in [5, 5.41) is 0. The van der Waals surface area contributed by atoms with Crippen molar-refractivity contribution in [1.29, 1.82) is 0 Å². The first-order valence-corrected chi connectivity index (χ1v) is 7.15. The van der Waals surface area contributed by atoms with Crippen LogP contribution < -0.4 is 5.73 Å². The smallest absolute Gasteiger partial charge is 0.0491 e. The Kier molecular flexibility index (Phi) is 7.09. The highest BCUT2D eigenvalue weighted by molar-refractivity contribution is 4.82. The highest BCUT2D eigenvalue weighted by Crippen LogP contribution is 2.23. The number of methoxy groups -OCH3 is 1. The number of ether oxygens (including phenoxy) is 1. The molecule has 17 heavy (non-hydrogen) atoms. The molecule has 2 unspecified atom stereocenters. The maximum absolute atomic E-state index is 5.96. The van der Waals surface area contributed by atoms with Gasteiger partial charge in [0.1, 0.15) is 0 Å². The molecular weight excluding hydrogens is 212 g/mol. The van der Waals surface area contributed by atoms with Gasteiger partial charge in [0.25, 0.3) is 0 Å². The van der Waals surface area contributed by atoms with Crippen LogP contribution in [-0.2, 0) is 4.74 Å². The zero-order valence-corrected chi connectivity index (χ0v) is 11.8. The fourth-order valence-electron chi connectivity index (χ4n) is 3.08. The van der Waals surface area contributed by atoms with Gasteiger partial charge < -0.3 is 10.5 Å². The molecule has 0 aromatic heterocycles. The minimum atomic E-state index is 0.582. The van der Waals surface area contributed by atoms with Gasteiger partial charge in [0.05, 0.1) is 0 Å². The summed E-state index contributed by atoms with van der Waals surface area (Å²) in [5.41, 5.74) is 5.96. The molecule has 1 fully saturated rings. The van der Waals surface area contributed by atoms with E-state index >= 15 is 0 Å². The average molecular weight is 242 g/mol. The van der Waals surface area contributed by atoms with Crippen LogP contribution in [0.3, 0.4) is 0 Å². The molecule has 2 N–H and O–H groups in total. The van der Waals surface area contributed by atoms with E-state index in [-0.39, 0.29) is 0 Å². The molecule has 0 spiro atoms. The van der Waals surface area contributed by atoms with Gasteiger partial charge in [0.15, 0.2) is 0 Å². The van der Waals surface area contributed by atoms with Crippen LogP contribution in [0.15, 0.2) is 0 Å². The van der Waals surface area contributed by atoms with E-state index in [9.17, 15) is 0 Å². The Balaban J connectivity index is 2.39. The Labute approximate surface area is 107 Å². The van der Waals surface area contributed by atoms with Crippen molar-refractivity contribution in [2.24, 2.45) is 17.6 Å². The lowest BCUT2D eigenvalue weighted by molar-refractivity contribution is 0.0649. The molecule has 1 aliphatic rings. The van der Waals surface area contributed by atoms with Crippen molar-refractivity contribution >= 4 is 0 Å². The Hall–Kier alpha value is -0.120. The van der Waals surface area contributed by atoms with E-state index < -0.39 is 0 Å². The van der Waals surface area contributed by atoms with Crippen LogP contribution >= 0.6 is 0 Å². The summed E-state index contributed by atoms with van der Waals surface area (Å²) in [4.78, 5) is 2.60. The quantitative estimate of drug-likeness (QED) is 0.743. The molecule has 1 heterocycles. The minimum absolute atomic E-state index is 0.582. The topological polar surface area (TPSA) is 38.5 Å². The molecule has 1 saturated heterocycles. The molecule has 1 aliphatic heterocycles. The van der Waals surface area contributed by atoms with Crippen molar-refractivity contribution in [3.05, 3.63) is 0 Å². The lowest BCUT2D eigenvalue weighted by atomic mass is 9.91. The molecular formula is C14H30N2O. The molecule has 0 saturated carbocycles.